The number of benzene rings is 1. The Morgan fingerprint density at radius 1 is 1.61 bits per heavy atom. The summed E-state index contributed by atoms with van der Waals surface area (Å²) >= 11 is 0. The molecule has 0 bridgehead atoms. The van der Waals surface area contributed by atoms with Crippen molar-refractivity contribution >= 4 is 6.03 Å². The van der Waals surface area contributed by atoms with Crippen molar-refractivity contribution in [2.45, 2.75) is 6.04 Å². The highest BCUT2D eigenvalue weighted by atomic mass is 19.1. The molecule has 1 fully saturated rings. The summed E-state index contributed by atoms with van der Waals surface area (Å²) in [5.41, 5.74) is 6.14. The first kappa shape index (κ1) is 12.6. The SMILES string of the molecule is COc1ccc(F)cc1C1CNC(=O)N1CCN. The molecule has 6 heteroatoms. The van der Waals surface area contributed by atoms with Gasteiger partial charge in [-0.2, -0.15) is 0 Å². The summed E-state index contributed by atoms with van der Waals surface area (Å²) in [5, 5.41) is 2.73. The minimum Gasteiger partial charge on any atom is -0.496 e. The molecule has 1 heterocycles. The van der Waals surface area contributed by atoms with Gasteiger partial charge in [0.1, 0.15) is 11.6 Å². The summed E-state index contributed by atoms with van der Waals surface area (Å²) in [6, 6.07) is 3.87. The van der Waals surface area contributed by atoms with E-state index in [4.69, 9.17) is 10.5 Å². The van der Waals surface area contributed by atoms with E-state index in [9.17, 15) is 9.18 Å². The van der Waals surface area contributed by atoms with Crippen LogP contribution in [0.2, 0.25) is 0 Å². The largest absolute Gasteiger partial charge is 0.496 e. The first-order valence-corrected chi connectivity index (χ1v) is 5.75. The Kier molecular flexibility index (Phi) is 3.66. The summed E-state index contributed by atoms with van der Waals surface area (Å²) in [6.07, 6.45) is 0. The Morgan fingerprint density at radius 2 is 2.39 bits per heavy atom. The lowest BCUT2D eigenvalue weighted by Gasteiger charge is -2.24. The summed E-state index contributed by atoms with van der Waals surface area (Å²) in [4.78, 5) is 13.3. The van der Waals surface area contributed by atoms with Gasteiger partial charge in [-0.05, 0) is 18.2 Å². The Morgan fingerprint density at radius 3 is 3.06 bits per heavy atom. The van der Waals surface area contributed by atoms with Crippen LogP contribution in [0.4, 0.5) is 9.18 Å². The summed E-state index contributed by atoms with van der Waals surface area (Å²) < 4.78 is 18.6. The maximum atomic E-state index is 13.3. The topological polar surface area (TPSA) is 67.6 Å². The molecule has 1 atom stereocenters. The molecule has 0 saturated carbocycles. The molecule has 2 amide bonds. The molecule has 0 aliphatic carbocycles. The molecule has 1 saturated heterocycles. The second kappa shape index (κ2) is 5.22. The molecule has 0 radical (unpaired) electrons. The van der Waals surface area contributed by atoms with Crippen LogP contribution in [0, 0.1) is 5.82 Å². The number of amides is 2. The van der Waals surface area contributed by atoms with E-state index >= 15 is 0 Å². The van der Waals surface area contributed by atoms with E-state index in [1.54, 1.807) is 11.0 Å². The van der Waals surface area contributed by atoms with Crippen LogP contribution in [-0.2, 0) is 0 Å². The van der Waals surface area contributed by atoms with Gasteiger partial charge in [-0.1, -0.05) is 0 Å². The highest BCUT2D eigenvalue weighted by Crippen LogP contribution is 2.32. The minimum absolute atomic E-state index is 0.184. The molecule has 0 aromatic heterocycles. The Bertz CT molecular complexity index is 453. The first-order chi connectivity index (χ1) is 8.67. The van der Waals surface area contributed by atoms with E-state index < -0.39 is 0 Å². The number of rotatable bonds is 4. The van der Waals surface area contributed by atoms with Crippen molar-refractivity contribution in [1.82, 2.24) is 10.2 Å². The summed E-state index contributed by atoms with van der Waals surface area (Å²) in [5.74, 6) is 0.220. The Hall–Kier alpha value is -1.82. The van der Waals surface area contributed by atoms with Gasteiger partial charge in [-0.25, -0.2) is 9.18 Å². The van der Waals surface area contributed by atoms with Gasteiger partial charge in [0, 0.05) is 25.2 Å². The number of carbonyl (C=O) groups is 1. The molecule has 18 heavy (non-hydrogen) atoms. The van der Waals surface area contributed by atoms with E-state index in [1.165, 1.54) is 19.2 Å². The minimum atomic E-state index is -0.349. The zero-order valence-corrected chi connectivity index (χ0v) is 10.1. The molecule has 5 nitrogen and oxygen atoms in total. The van der Waals surface area contributed by atoms with Gasteiger partial charge in [0.15, 0.2) is 0 Å². The monoisotopic (exact) mass is 253 g/mol. The van der Waals surface area contributed by atoms with Gasteiger partial charge < -0.3 is 20.7 Å². The smallest absolute Gasteiger partial charge is 0.318 e. The van der Waals surface area contributed by atoms with E-state index in [-0.39, 0.29) is 17.9 Å². The number of hydrogen-bond acceptors (Lipinski definition) is 3. The third-order valence-electron chi connectivity index (χ3n) is 3.00. The summed E-state index contributed by atoms with van der Waals surface area (Å²) in [7, 11) is 1.52. The molecule has 1 aliphatic heterocycles. The van der Waals surface area contributed by atoms with Gasteiger partial charge in [0.25, 0.3) is 0 Å². The van der Waals surface area contributed by atoms with Crippen molar-refractivity contribution < 1.29 is 13.9 Å². The van der Waals surface area contributed by atoms with E-state index in [0.29, 0.717) is 30.9 Å². The lowest BCUT2D eigenvalue weighted by molar-refractivity contribution is 0.205. The van der Waals surface area contributed by atoms with Crippen LogP contribution in [0.25, 0.3) is 0 Å². The lowest BCUT2D eigenvalue weighted by atomic mass is 10.0. The molecule has 1 aromatic carbocycles. The standard InChI is InChI=1S/C12H16FN3O2/c1-18-11-3-2-8(13)6-9(11)10-7-15-12(17)16(10)5-4-14/h2-3,6,10H,4-5,7,14H2,1H3,(H,15,17). The number of hydrogen-bond donors (Lipinski definition) is 2. The Labute approximate surface area is 105 Å². The molecule has 1 unspecified atom stereocenters. The van der Waals surface area contributed by atoms with Gasteiger partial charge in [-0.3, -0.25) is 0 Å². The predicted molar refractivity (Wildman–Crippen MR) is 64.9 cm³/mol. The zero-order valence-electron chi connectivity index (χ0n) is 10.1. The maximum Gasteiger partial charge on any atom is 0.318 e. The summed E-state index contributed by atoms with van der Waals surface area (Å²) in [6.45, 7) is 1.22. The fraction of sp³-hybridized carbons (Fsp3) is 0.417. The van der Waals surface area contributed by atoms with Crippen LogP contribution < -0.4 is 15.8 Å². The van der Waals surface area contributed by atoms with Gasteiger partial charge in [-0.15, -0.1) is 0 Å². The normalized spacial score (nSPS) is 18.9. The average molecular weight is 253 g/mol. The van der Waals surface area contributed by atoms with Crippen LogP contribution in [0.1, 0.15) is 11.6 Å². The van der Waals surface area contributed by atoms with Crippen molar-refractivity contribution in [1.29, 1.82) is 0 Å². The second-order valence-corrected chi connectivity index (χ2v) is 4.07. The number of methoxy groups -OCH3 is 1. The molecule has 3 N–H and O–H groups in total. The number of halogens is 1. The van der Waals surface area contributed by atoms with E-state index in [2.05, 4.69) is 5.32 Å². The van der Waals surface area contributed by atoms with Gasteiger partial charge >= 0.3 is 6.03 Å². The molecule has 0 spiro atoms. The van der Waals surface area contributed by atoms with E-state index in [1.807, 2.05) is 0 Å². The number of nitrogens with two attached hydrogens (primary N) is 1. The van der Waals surface area contributed by atoms with Crippen LogP contribution >= 0.6 is 0 Å². The lowest BCUT2D eigenvalue weighted by Crippen LogP contribution is -2.34. The van der Waals surface area contributed by atoms with Crippen molar-refractivity contribution in [2.75, 3.05) is 26.7 Å². The van der Waals surface area contributed by atoms with Crippen molar-refractivity contribution in [3.8, 4) is 5.75 Å². The number of carbonyl (C=O) groups excluding carboxylic acids is 1. The second-order valence-electron chi connectivity index (χ2n) is 4.07. The molecular formula is C12H16FN3O2. The molecular weight excluding hydrogens is 237 g/mol. The number of ether oxygens (including phenoxy) is 1. The van der Waals surface area contributed by atoms with Crippen molar-refractivity contribution in [3.05, 3.63) is 29.6 Å². The highest BCUT2D eigenvalue weighted by molar-refractivity contribution is 5.77. The number of nitrogens with zero attached hydrogens (tertiary/aromatic N) is 1. The van der Waals surface area contributed by atoms with E-state index in [0.717, 1.165) is 0 Å². The van der Waals surface area contributed by atoms with Crippen LogP contribution in [0.3, 0.4) is 0 Å². The highest BCUT2D eigenvalue weighted by Gasteiger charge is 2.33. The zero-order chi connectivity index (χ0) is 13.1. The molecule has 1 aromatic rings. The maximum absolute atomic E-state index is 13.3. The number of urea groups is 1. The fourth-order valence-electron chi connectivity index (χ4n) is 2.18. The van der Waals surface area contributed by atoms with Crippen LogP contribution in [0.5, 0.6) is 5.75 Å². The van der Waals surface area contributed by atoms with Crippen LogP contribution in [-0.4, -0.2) is 37.7 Å². The molecule has 98 valence electrons. The van der Waals surface area contributed by atoms with Crippen molar-refractivity contribution in [3.63, 3.8) is 0 Å². The quantitative estimate of drug-likeness (QED) is 0.836. The molecule has 1 aliphatic rings. The third-order valence-corrected chi connectivity index (χ3v) is 3.00. The number of nitrogens with one attached hydrogen (secondary N) is 1. The predicted octanol–water partition coefficient (Wildman–Crippen LogP) is 0.859. The first-order valence-electron chi connectivity index (χ1n) is 5.75. The van der Waals surface area contributed by atoms with Gasteiger partial charge in [0.05, 0.1) is 13.2 Å². The molecule has 2 rings (SSSR count). The third kappa shape index (κ3) is 2.24. The average Bonchev–Trinajstić information content (AvgIpc) is 2.72. The van der Waals surface area contributed by atoms with Crippen molar-refractivity contribution in [2.24, 2.45) is 5.73 Å². The Balaban J connectivity index is 2.35. The van der Waals surface area contributed by atoms with Gasteiger partial charge in [0.2, 0.25) is 0 Å². The van der Waals surface area contributed by atoms with Crippen LogP contribution in [0.15, 0.2) is 18.2 Å². The fourth-order valence-corrected chi connectivity index (χ4v) is 2.18.